The largest absolute Gasteiger partial charge is 0.486 e. The first-order valence-corrected chi connectivity index (χ1v) is 13.4. The van der Waals surface area contributed by atoms with Crippen molar-refractivity contribution in [2.75, 3.05) is 25.0 Å². The minimum absolute atomic E-state index is 0.0180. The number of amides is 1. The zero-order valence-corrected chi connectivity index (χ0v) is 22.2. The summed E-state index contributed by atoms with van der Waals surface area (Å²) in [6.45, 7) is 6.99. The predicted octanol–water partition coefficient (Wildman–Crippen LogP) is 7.43. The zero-order valence-electron chi connectivity index (χ0n) is 20.6. The summed E-state index contributed by atoms with van der Waals surface area (Å²) < 4.78 is 7.49. The van der Waals surface area contributed by atoms with Crippen molar-refractivity contribution in [1.29, 1.82) is 0 Å². The number of nitrogens with zero attached hydrogens (tertiary/aromatic N) is 1. The number of ether oxygens (including phenoxy) is 1. The average molecular weight is 536 g/mol. The Balaban J connectivity index is 1.33. The van der Waals surface area contributed by atoms with Gasteiger partial charge in [-0.1, -0.05) is 72.2 Å². The van der Waals surface area contributed by atoms with Crippen LogP contribution >= 0.6 is 15.9 Å². The number of carbonyl (C=O) groups is 1. The number of likely N-dealkylation sites (tertiary alicyclic amines) is 1. The van der Waals surface area contributed by atoms with Crippen LogP contribution in [0.2, 0.25) is 0 Å². The van der Waals surface area contributed by atoms with Gasteiger partial charge in [-0.3, -0.25) is 4.79 Å². The number of piperidine rings is 1. The Kier molecular flexibility index (Phi) is 9.00. The molecule has 1 saturated heterocycles. The van der Waals surface area contributed by atoms with Gasteiger partial charge in [-0.25, -0.2) is 0 Å². The maximum Gasteiger partial charge on any atom is 0.226 e. The number of para-hydroxylation sites is 1. The number of rotatable bonds is 9. The lowest BCUT2D eigenvalue weighted by atomic mass is 9.89. The van der Waals surface area contributed by atoms with E-state index in [0.717, 1.165) is 54.8 Å². The maximum atomic E-state index is 12.1. The molecule has 0 spiro atoms. The van der Waals surface area contributed by atoms with Gasteiger partial charge in [-0.2, -0.15) is 0 Å². The van der Waals surface area contributed by atoms with Gasteiger partial charge in [-0.05, 0) is 79.4 Å². The van der Waals surface area contributed by atoms with Crippen molar-refractivity contribution in [2.45, 2.75) is 45.1 Å². The summed E-state index contributed by atoms with van der Waals surface area (Å²) in [5, 5.41) is 3.04. The monoisotopic (exact) mass is 534 g/mol. The third-order valence-corrected chi connectivity index (χ3v) is 7.24. The Labute approximate surface area is 217 Å². The number of hydrogen-bond acceptors (Lipinski definition) is 3. The van der Waals surface area contributed by atoms with Crippen molar-refractivity contribution in [1.82, 2.24) is 4.90 Å². The SMILES string of the molecule is CC(C)C(=O)Nc1cccc(C2CCN(CCC(Oc3ccccc3)c3ccc(Br)cc3)CC2)c1. The quantitative estimate of drug-likeness (QED) is 0.310. The second kappa shape index (κ2) is 12.4. The molecule has 0 bridgehead atoms. The van der Waals surface area contributed by atoms with Gasteiger partial charge < -0.3 is 15.0 Å². The van der Waals surface area contributed by atoms with E-state index in [-0.39, 0.29) is 17.9 Å². The van der Waals surface area contributed by atoms with Crippen LogP contribution in [0.5, 0.6) is 5.75 Å². The van der Waals surface area contributed by atoms with Gasteiger partial charge in [0.05, 0.1) is 0 Å². The van der Waals surface area contributed by atoms with Gasteiger partial charge in [0.25, 0.3) is 0 Å². The Hall–Kier alpha value is -2.63. The second-order valence-electron chi connectivity index (χ2n) is 9.65. The Morgan fingerprint density at radius 1 is 1.00 bits per heavy atom. The molecule has 1 atom stereocenters. The van der Waals surface area contributed by atoms with Crippen LogP contribution in [0.3, 0.4) is 0 Å². The number of halogens is 1. The minimum Gasteiger partial charge on any atom is -0.486 e. The molecule has 0 saturated carbocycles. The van der Waals surface area contributed by atoms with Crippen LogP contribution < -0.4 is 10.1 Å². The molecule has 3 aromatic carbocycles. The summed E-state index contributed by atoms with van der Waals surface area (Å²) in [7, 11) is 0. The summed E-state index contributed by atoms with van der Waals surface area (Å²) in [6, 6.07) is 26.9. The van der Waals surface area contributed by atoms with Gasteiger partial charge >= 0.3 is 0 Å². The molecule has 184 valence electrons. The second-order valence-corrected chi connectivity index (χ2v) is 10.6. The number of benzene rings is 3. The summed E-state index contributed by atoms with van der Waals surface area (Å²) in [5.41, 5.74) is 3.43. The zero-order chi connectivity index (χ0) is 24.6. The summed E-state index contributed by atoms with van der Waals surface area (Å²) >= 11 is 3.54. The van der Waals surface area contributed by atoms with Crippen molar-refractivity contribution in [3.05, 3.63) is 94.5 Å². The molecule has 1 unspecified atom stereocenters. The molecule has 1 aliphatic rings. The number of anilines is 1. The van der Waals surface area contributed by atoms with E-state index in [2.05, 4.69) is 68.6 Å². The molecule has 1 N–H and O–H groups in total. The van der Waals surface area contributed by atoms with Crippen LogP contribution in [0, 0.1) is 5.92 Å². The normalized spacial score (nSPS) is 15.7. The van der Waals surface area contributed by atoms with E-state index >= 15 is 0 Å². The molecule has 4 nitrogen and oxygen atoms in total. The molecule has 4 rings (SSSR count). The Bertz CT molecular complexity index is 1080. The average Bonchev–Trinajstić information content (AvgIpc) is 2.88. The van der Waals surface area contributed by atoms with Gasteiger partial charge in [0.1, 0.15) is 11.9 Å². The van der Waals surface area contributed by atoms with Crippen molar-refractivity contribution in [3.8, 4) is 5.75 Å². The molecule has 0 aliphatic carbocycles. The maximum absolute atomic E-state index is 12.1. The van der Waals surface area contributed by atoms with Gasteiger partial charge in [0.2, 0.25) is 5.91 Å². The van der Waals surface area contributed by atoms with Crippen LogP contribution in [-0.2, 0) is 4.79 Å². The molecule has 1 heterocycles. The van der Waals surface area contributed by atoms with E-state index in [0.29, 0.717) is 5.92 Å². The lowest BCUT2D eigenvalue weighted by Gasteiger charge is -2.33. The van der Waals surface area contributed by atoms with Gasteiger partial charge in [0, 0.05) is 29.0 Å². The Morgan fingerprint density at radius 3 is 2.40 bits per heavy atom. The topological polar surface area (TPSA) is 41.6 Å². The van der Waals surface area contributed by atoms with E-state index in [9.17, 15) is 4.79 Å². The van der Waals surface area contributed by atoms with Gasteiger partial charge in [0.15, 0.2) is 0 Å². The van der Waals surface area contributed by atoms with E-state index in [1.165, 1.54) is 11.1 Å². The highest BCUT2D eigenvalue weighted by atomic mass is 79.9. The standard InChI is InChI=1S/C30H35BrN2O2/c1-22(2)30(34)32-27-8-6-7-25(21-27)23-15-18-33(19-16-23)20-17-29(24-11-13-26(31)14-12-24)35-28-9-4-3-5-10-28/h3-14,21-23,29H,15-20H2,1-2H3,(H,32,34). The molecule has 3 aromatic rings. The van der Waals surface area contributed by atoms with Crippen LogP contribution in [0.4, 0.5) is 5.69 Å². The molecule has 1 amide bonds. The molecule has 35 heavy (non-hydrogen) atoms. The highest BCUT2D eigenvalue weighted by molar-refractivity contribution is 9.10. The number of carbonyl (C=O) groups excluding carboxylic acids is 1. The van der Waals surface area contributed by atoms with Crippen LogP contribution in [0.15, 0.2) is 83.3 Å². The first-order valence-electron chi connectivity index (χ1n) is 12.6. The molecular weight excluding hydrogens is 500 g/mol. The number of nitrogens with one attached hydrogen (secondary N) is 1. The van der Waals surface area contributed by atoms with E-state index < -0.39 is 0 Å². The van der Waals surface area contributed by atoms with Crippen LogP contribution in [-0.4, -0.2) is 30.4 Å². The predicted molar refractivity (Wildman–Crippen MR) is 147 cm³/mol. The third kappa shape index (κ3) is 7.42. The fourth-order valence-corrected chi connectivity index (χ4v) is 4.85. The highest BCUT2D eigenvalue weighted by Crippen LogP contribution is 2.31. The lowest BCUT2D eigenvalue weighted by molar-refractivity contribution is -0.118. The van der Waals surface area contributed by atoms with E-state index in [1.807, 2.05) is 50.2 Å². The molecular formula is C30H35BrN2O2. The molecule has 0 aromatic heterocycles. The highest BCUT2D eigenvalue weighted by Gasteiger charge is 2.23. The molecule has 0 radical (unpaired) electrons. The molecule has 1 aliphatic heterocycles. The van der Waals surface area contributed by atoms with E-state index in [4.69, 9.17) is 4.74 Å². The van der Waals surface area contributed by atoms with Crippen molar-refractivity contribution in [2.24, 2.45) is 5.92 Å². The fraction of sp³-hybridized carbons (Fsp3) is 0.367. The molecule has 1 fully saturated rings. The summed E-state index contributed by atoms with van der Waals surface area (Å²) in [6.07, 6.45) is 3.22. The lowest BCUT2D eigenvalue weighted by Crippen LogP contribution is -2.34. The number of hydrogen-bond donors (Lipinski definition) is 1. The first-order chi connectivity index (χ1) is 17.0. The molecule has 5 heteroatoms. The fourth-order valence-electron chi connectivity index (χ4n) is 4.58. The first kappa shape index (κ1) is 25.5. The van der Waals surface area contributed by atoms with Crippen LogP contribution in [0.1, 0.15) is 56.3 Å². The third-order valence-electron chi connectivity index (χ3n) is 6.71. The van der Waals surface area contributed by atoms with Crippen molar-refractivity contribution >= 4 is 27.5 Å². The van der Waals surface area contributed by atoms with Crippen molar-refractivity contribution < 1.29 is 9.53 Å². The summed E-state index contributed by atoms with van der Waals surface area (Å²) in [5.74, 6) is 1.48. The smallest absolute Gasteiger partial charge is 0.226 e. The minimum atomic E-state index is -0.0194. The summed E-state index contributed by atoms with van der Waals surface area (Å²) in [4.78, 5) is 14.6. The van der Waals surface area contributed by atoms with Crippen molar-refractivity contribution in [3.63, 3.8) is 0 Å². The van der Waals surface area contributed by atoms with Crippen LogP contribution in [0.25, 0.3) is 0 Å². The van der Waals surface area contributed by atoms with Gasteiger partial charge in [-0.15, -0.1) is 0 Å². The van der Waals surface area contributed by atoms with E-state index in [1.54, 1.807) is 0 Å². The Morgan fingerprint density at radius 2 is 1.71 bits per heavy atom.